The van der Waals surface area contributed by atoms with Crippen LogP contribution < -0.4 is 10.6 Å². The van der Waals surface area contributed by atoms with Crippen LogP contribution in [0.25, 0.3) is 0 Å². The van der Waals surface area contributed by atoms with Gasteiger partial charge in [0.25, 0.3) is 0 Å². The van der Waals surface area contributed by atoms with Gasteiger partial charge in [0.1, 0.15) is 0 Å². The number of amides is 1. The molecule has 15 heavy (non-hydrogen) atoms. The summed E-state index contributed by atoms with van der Waals surface area (Å²) in [5.41, 5.74) is 0. The van der Waals surface area contributed by atoms with E-state index in [2.05, 4.69) is 15.4 Å². The van der Waals surface area contributed by atoms with Crippen LogP contribution in [0.1, 0.15) is 25.7 Å². The van der Waals surface area contributed by atoms with Gasteiger partial charge in [0.15, 0.2) is 0 Å². The van der Waals surface area contributed by atoms with Gasteiger partial charge in [-0.1, -0.05) is 0 Å². The molecular formula is C10H18N2O3. The number of esters is 1. The maximum atomic E-state index is 11.2. The fraction of sp³-hybridized carbons (Fsp3) is 0.800. The van der Waals surface area contributed by atoms with E-state index in [1.165, 1.54) is 7.11 Å². The van der Waals surface area contributed by atoms with Gasteiger partial charge in [-0.05, 0) is 25.8 Å². The highest BCUT2D eigenvalue weighted by atomic mass is 16.5. The molecule has 1 rings (SSSR count). The minimum atomic E-state index is -0.280. The monoisotopic (exact) mass is 214 g/mol. The van der Waals surface area contributed by atoms with E-state index in [0.717, 1.165) is 19.3 Å². The summed E-state index contributed by atoms with van der Waals surface area (Å²) in [6.45, 7) is 0.869. The molecule has 0 bridgehead atoms. The van der Waals surface area contributed by atoms with Crippen LogP contribution in [0, 0.1) is 0 Å². The van der Waals surface area contributed by atoms with Crippen molar-refractivity contribution >= 4 is 11.9 Å². The van der Waals surface area contributed by atoms with Crippen molar-refractivity contribution in [2.24, 2.45) is 0 Å². The van der Waals surface area contributed by atoms with E-state index in [1.54, 1.807) is 0 Å². The Morgan fingerprint density at radius 1 is 1.40 bits per heavy atom. The Balaban J connectivity index is 1.87. The lowest BCUT2D eigenvalue weighted by atomic mass is 10.3. The highest BCUT2D eigenvalue weighted by molar-refractivity contribution is 5.76. The van der Waals surface area contributed by atoms with Gasteiger partial charge in [-0.15, -0.1) is 0 Å². The molecule has 0 spiro atoms. The topological polar surface area (TPSA) is 67.4 Å². The molecule has 5 heteroatoms. The summed E-state index contributed by atoms with van der Waals surface area (Å²) in [5.74, 6) is -0.171. The molecule has 1 fully saturated rings. The molecule has 0 aromatic rings. The lowest BCUT2D eigenvalue weighted by Crippen LogP contribution is -2.28. The zero-order chi connectivity index (χ0) is 11.1. The summed E-state index contributed by atoms with van der Waals surface area (Å²) in [4.78, 5) is 21.9. The molecule has 1 aliphatic rings. The van der Waals surface area contributed by atoms with E-state index < -0.39 is 0 Å². The normalized spacial score (nSPS) is 14.7. The predicted molar refractivity (Wildman–Crippen MR) is 55.3 cm³/mol. The Morgan fingerprint density at radius 3 is 2.73 bits per heavy atom. The first-order chi connectivity index (χ1) is 7.22. The van der Waals surface area contributed by atoms with E-state index >= 15 is 0 Å². The summed E-state index contributed by atoms with van der Waals surface area (Å²) in [7, 11) is 1.35. The van der Waals surface area contributed by atoms with Crippen LogP contribution in [0.5, 0.6) is 0 Å². The van der Waals surface area contributed by atoms with E-state index in [0.29, 0.717) is 19.0 Å². The minimum absolute atomic E-state index is 0.109. The second-order valence-corrected chi connectivity index (χ2v) is 3.70. The lowest BCUT2D eigenvalue weighted by molar-refractivity contribution is -0.139. The van der Waals surface area contributed by atoms with Crippen molar-refractivity contribution in [3.63, 3.8) is 0 Å². The number of nitrogens with one attached hydrogen (secondary N) is 2. The third-order valence-electron chi connectivity index (χ3n) is 2.20. The summed E-state index contributed by atoms with van der Waals surface area (Å²) in [6, 6.07) is 0.431. The molecule has 0 aliphatic heterocycles. The number of hydrogen-bond acceptors (Lipinski definition) is 4. The lowest BCUT2D eigenvalue weighted by Gasteiger charge is -2.04. The van der Waals surface area contributed by atoms with Gasteiger partial charge in [0.05, 0.1) is 13.7 Å². The molecule has 1 amide bonds. The quantitative estimate of drug-likeness (QED) is 0.455. The van der Waals surface area contributed by atoms with Gasteiger partial charge in [0, 0.05) is 12.5 Å². The zero-order valence-electron chi connectivity index (χ0n) is 9.04. The largest absolute Gasteiger partial charge is 0.468 e. The Morgan fingerprint density at radius 2 is 2.13 bits per heavy atom. The van der Waals surface area contributed by atoms with Crippen LogP contribution in [0.4, 0.5) is 0 Å². The van der Waals surface area contributed by atoms with Crippen molar-refractivity contribution in [1.82, 2.24) is 10.6 Å². The standard InChI is InChI=1S/C10H18N2O3/c1-15-10(14)7-11-6-2-3-9(13)12-8-4-5-8/h8,11H,2-7H2,1H3,(H,12,13). The fourth-order valence-corrected chi connectivity index (χ4v) is 1.16. The van der Waals surface area contributed by atoms with Crippen LogP contribution in [0.15, 0.2) is 0 Å². The number of rotatable bonds is 7. The Kier molecular flexibility index (Phi) is 5.10. The maximum absolute atomic E-state index is 11.2. The molecule has 5 nitrogen and oxygen atoms in total. The van der Waals surface area contributed by atoms with E-state index in [9.17, 15) is 9.59 Å². The number of carbonyl (C=O) groups excluding carboxylic acids is 2. The van der Waals surface area contributed by atoms with Crippen molar-refractivity contribution < 1.29 is 14.3 Å². The van der Waals surface area contributed by atoms with Gasteiger partial charge < -0.3 is 15.4 Å². The number of hydrogen-bond donors (Lipinski definition) is 2. The summed E-state index contributed by atoms with van der Waals surface area (Å²) >= 11 is 0. The third-order valence-corrected chi connectivity index (χ3v) is 2.20. The highest BCUT2D eigenvalue weighted by Gasteiger charge is 2.22. The SMILES string of the molecule is COC(=O)CNCCCC(=O)NC1CC1. The molecular weight excluding hydrogens is 196 g/mol. The van der Waals surface area contributed by atoms with Gasteiger partial charge in [-0.25, -0.2) is 0 Å². The molecule has 0 aromatic heterocycles. The van der Waals surface area contributed by atoms with Crippen molar-refractivity contribution in [3.05, 3.63) is 0 Å². The van der Waals surface area contributed by atoms with Crippen LogP contribution in [0.2, 0.25) is 0 Å². The first kappa shape index (κ1) is 12.0. The number of ether oxygens (including phenoxy) is 1. The van der Waals surface area contributed by atoms with Crippen molar-refractivity contribution in [1.29, 1.82) is 0 Å². The molecule has 1 saturated carbocycles. The highest BCUT2D eigenvalue weighted by Crippen LogP contribution is 2.18. The first-order valence-corrected chi connectivity index (χ1v) is 5.29. The van der Waals surface area contributed by atoms with E-state index in [1.807, 2.05) is 0 Å². The van der Waals surface area contributed by atoms with E-state index in [4.69, 9.17) is 0 Å². The van der Waals surface area contributed by atoms with Crippen LogP contribution >= 0.6 is 0 Å². The maximum Gasteiger partial charge on any atom is 0.319 e. The molecule has 0 unspecified atom stereocenters. The molecule has 0 heterocycles. The summed E-state index contributed by atoms with van der Waals surface area (Å²) in [5, 5.41) is 5.81. The molecule has 1 aliphatic carbocycles. The van der Waals surface area contributed by atoms with Gasteiger partial charge in [-0.3, -0.25) is 9.59 Å². The minimum Gasteiger partial charge on any atom is -0.468 e. The summed E-state index contributed by atoms with van der Waals surface area (Å²) < 4.78 is 4.46. The predicted octanol–water partition coefficient (Wildman–Crippen LogP) is -0.192. The molecule has 0 atom stereocenters. The number of methoxy groups -OCH3 is 1. The average Bonchev–Trinajstić information content (AvgIpc) is 3.00. The Hall–Kier alpha value is -1.10. The molecule has 0 radical (unpaired) electrons. The van der Waals surface area contributed by atoms with Gasteiger partial charge in [-0.2, -0.15) is 0 Å². The third kappa shape index (κ3) is 6.06. The fourth-order valence-electron chi connectivity index (χ4n) is 1.16. The van der Waals surface area contributed by atoms with E-state index in [-0.39, 0.29) is 18.4 Å². The van der Waals surface area contributed by atoms with Gasteiger partial charge in [0.2, 0.25) is 5.91 Å². The van der Waals surface area contributed by atoms with Gasteiger partial charge >= 0.3 is 5.97 Å². The molecule has 2 N–H and O–H groups in total. The Bertz CT molecular complexity index is 227. The van der Waals surface area contributed by atoms with Crippen LogP contribution in [-0.4, -0.2) is 38.1 Å². The number of carbonyl (C=O) groups is 2. The second-order valence-electron chi connectivity index (χ2n) is 3.70. The van der Waals surface area contributed by atoms with Crippen molar-refractivity contribution in [3.8, 4) is 0 Å². The smallest absolute Gasteiger partial charge is 0.319 e. The molecule has 0 saturated heterocycles. The van der Waals surface area contributed by atoms with Crippen LogP contribution in [-0.2, 0) is 14.3 Å². The van der Waals surface area contributed by atoms with Crippen molar-refractivity contribution in [2.45, 2.75) is 31.7 Å². The average molecular weight is 214 g/mol. The summed E-state index contributed by atoms with van der Waals surface area (Å²) in [6.07, 6.45) is 3.50. The van der Waals surface area contributed by atoms with Crippen LogP contribution in [0.3, 0.4) is 0 Å². The first-order valence-electron chi connectivity index (χ1n) is 5.29. The zero-order valence-corrected chi connectivity index (χ0v) is 9.04. The van der Waals surface area contributed by atoms with Crippen molar-refractivity contribution in [2.75, 3.05) is 20.2 Å². The second kappa shape index (κ2) is 6.40. The Labute approximate surface area is 89.6 Å². The molecule has 0 aromatic carbocycles. The molecule has 86 valence electrons.